The van der Waals surface area contributed by atoms with Crippen molar-refractivity contribution >= 4 is 22.7 Å². The van der Waals surface area contributed by atoms with Gasteiger partial charge >= 0.3 is 0 Å². The van der Waals surface area contributed by atoms with Crippen LogP contribution in [0.4, 0.5) is 0 Å². The molecule has 1 aliphatic heterocycles. The number of nitrogens with zero attached hydrogens (tertiary/aromatic N) is 1. The van der Waals surface area contributed by atoms with Crippen LogP contribution in [0.25, 0.3) is 10.9 Å². The SMILES string of the molecule is COC1(c2cccc(Sc3cc(C)c4c(ccc(=O)n4C)c3)c2)CCOCC1. The van der Waals surface area contributed by atoms with Crippen LogP contribution in [-0.4, -0.2) is 24.9 Å². The zero-order chi connectivity index (χ0) is 19.7. The molecule has 0 unspecified atom stereocenters. The van der Waals surface area contributed by atoms with Crippen LogP contribution < -0.4 is 5.56 Å². The Labute approximate surface area is 169 Å². The van der Waals surface area contributed by atoms with Crippen molar-refractivity contribution in [1.29, 1.82) is 0 Å². The Hall–Kier alpha value is -2.08. The van der Waals surface area contributed by atoms with Gasteiger partial charge in [0, 0.05) is 56.1 Å². The third-order valence-corrected chi connectivity index (χ3v) is 6.62. The van der Waals surface area contributed by atoms with E-state index < -0.39 is 0 Å². The summed E-state index contributed by atoms with van der Waals surface area (Å²) in [5.41, 5.74) is 3.07. The number of ether oxygens (including phenoxy) is 2. The Morgan fingerprint density at radius 2 is 1.86 bits per heavy atom. The standard InChI is InChI=1S/C23H25NO3S/c1-16-13-20(14-17-7-8-21(25)24(2)22(16)17)28-19-6-4-5-18(15-19)23(26-3)9-11-27-12-10-23/h4-8,13-15H,9-12H2,1-3H3. The fraction of sp³-hybridized carbons (Fsp3) is 0.348. The van der Waals surface area contributed by atoms with Gasteiger partial charge in [0.1, 0.15) is 0 Å². The summed E-state index contributed by atoms with van der Waals surface area (Å²) in [6, 6.07) is 16.5. The molecule has 0 atom stereocenters. The Kier molecular flexibility index (Phi) is 5.32. The van der Waals surface area contributed by atoms with Gasteiger partial charge in [-0.25, -0.2) is 0 Å². The molecule has 0 N–H and O–H groups in total. The predicted octanol–water partition coefficient (Wildman–Crippen LogP) is 4.65. The molecule has 3 aromatic rings. The highest BCUT2D eigenvalue weighted by Crippen LogP contribution is 2.38. The van der Waals surface area contributed by atoms with Crippen LogP contribution in [-0.2, 0) is 22.1 Å². The van der Waals surface area contributed by atoms with Crippen molar-refractivity contribution in [3.63, 3.8) is 0 Å². The maximum Gasteiger partial charge on any atom is 0.250 e. The van der Waals surface area contributed by atoms with Gasteiger partial charge in [0.05, 0.1) is 11.1 Å². The molecule has 0 radical (unpaired) electrons. The number of hydrogen-bond acceptors (Lipinski definition) is 4. The zero-order valence-electron chi connectivity index (χ0n) is 16.5. The van der Waals surface area contributed by atoms with Crippen LogP contribution in [0.5, 0.6) is 0 Å². The van der Waals surface area contributed by atoms with E-state index in [9.17, 15) is 4.79 Å². The second-order valence-corrected chi connectivity index (χ2v) is 8.50. The molecule has 0 aliphatic carbocycles. The molecule has 1 fully saturated rings. The van der Waals surface area contributed by atoms with Gasteiger partial charge in [-0.1, -0.05) is 23.9 Å². The molecule has 4 rings (SSSR count). The molecule has 2 heterocycles. The molecule has 1 aliphatic rings. The van der Waals surface area contributed by atoms with Crippen LogP contribution >= 0.6 is 11.8 Å². The molecule has 0 spiro atoms. The second kappa shape index (κ2) is 7.74. The van der Waals surface area contributed by atoms with E-state index in [-0.39, 0.29) is 11.2 Å². The number of benzene rings is 2. The molecule has 0 bridgehead atoms. The lowest BCUT2D eigenvalue weighted by atomic mass is 9.86. The van der Waals surface area contributed by atoms with Gasteiger partial charge in [-0.2, -0.15) is 0 Å². The third-order valence-electron chi connectivity index (χ3n) is 5.66. The van der Waals surface area contributed by atoms with E-state index in [2.05, 4.69) is 43.3 Å². The van der Waals surface area contributed by atoms with Crippen LogP contribution in [0.1, 0.15) is 24.0 Å². The number of pyridine rings is 1. The van der Waals surface area contributed by atoms with Gasteiger partial charge in [0.25, 0.3) is 5.56 Å². The van der Waals surface area contributed by atoms with Gasteiger partial charge in [-0.15, -0.1) is 0 Å². The minimum absolute atomic E-state index is 0.0185. The Balaban J connectivity index is 1.68. The van der Waals surface area contributed by atoms with E-state index >= 15 is 0 Å². The van der Waals surface area contributed by atoms with Crippen molar-refractivity contribution in [2.75, 3.05) is 20.3 Å². The Bertz CT molecular complexity index is 1070. The minimum atomic E-state index is -0.258. The van der Waals surface area contributed by atoms with E-state index in [4.69, 9.17) is 9.47 Å². The van der Waals surface area contributed by atoms with Crippen molar-refractivity contribution < 1.29 is 9.47 Å². The number of hydrogen-bond donors (Lipinski definition) is 0. The maximum absolute atomic E-state index is 11.9. The lowest BCUT2D eigenvalue weighted by Crippen LogP contribution is -2.35. The van der Waals surface area contributed by atoms with Gasteiger partial charge in [-0.3, -0.25) is 4.79 Å². The van der Waals surface area contributed by atoms with E-state index in [1.165, 1.54) is 15.4 Å². The molecular weight excluding hydrogens is 370 g/mol. The summed E-state index contributed by atoms with van der Waals surface area (Å²) >= 11 is 1.74. The van der Waals surface area contributed by atoms with E-state index in [0.29, 0.717) is 0 Å². The number of methoxy groups -OCH3 is 1. The van der Waals surface area contributed by atoms with Gasteiger partial charge in [-0.05, 0) is 53.8 Å². The van der Waals surface area contributed by atoms with E-state index in [1.54, 1.807) is 29.5 Å². The molecule has 1 aromatic heterocycles. The number of aryl methyl sites for hydroxylation is 2. The van der Waals surface area contributed by atoms with Crippen molar-refractivity contribution in [3.05, 3.63) is 70.0 Å². The number of aromatic nitrogens is 1. The van der Waals surface area contributed by atoms with Crippen molar-refractivity contribution in [2.24, 2.45) is 7.05 Å². The third kappa shape index (κ3) is 3.50. The first-order valence-electron chi connectivity index (χ1n) is 9.54. The highest BCUT2D eigenvalue weighted by Gasteiger charge is 2.34. The molecule has 28 heavy (non-hydrogen) atoms. The first-order chi connectivity index (χ1) is 13.5. The summed E-state index contributed by atoms with van der Waals surface area (Å²) < 4.78 is 13.2. The number of rotatable bonds is 4. The molecule has 146 valence electrons. The average Bonchev–Trinajstić information content (AvgIpc) is 2.71. The highest BCUT2D eigenvalue weighted by molar-refractivity contribution is 7.99. The number of fused-ring (bicyclic) bond motifs is 1. The Morgan fingerprint density at radius 3 is 2.61 bits per heavy atom. The fourth-order valence-corrected chi connectivity index (χ4v) is 5.12. The summed E-state index contributed by atoms with van der Waals surface area (Å²) in [5.74, 6) is 0. The smallest absolute Gasteiger partial charge is 0.250 e. The van der Waals surface area contributed by atoms with Crippen LogP contribution in [0, 0.1) is 6.92 Å². The van der Waals surface area contributed by atoms with Crippen LogP contribution in [0.3, 0.4) is 0 Å². The molecule has 4 nitrogen and oxygen atoms in total. The van der Waals surface area contributed by atoms with Crippen molar-refractivity contribution in [1.82, 2.24) is 4.57 Å². The molecule has 0 saturated carbocycles. The first-order valence-corrected chi connectivity index (χ1v) is 10.4. The summed E-state index contributed by atoms with van der Waals surface area (Å²) in [5, 5.41) is 1.08. The second-order valence-electron chi connectivity index (χ2n) is 7.35. The van der Waals surface area contributed by atoms with Crippen molar-refractivity contribution in [2.45, 2.75) is 35.2 Å². The van der Waals surface area contributed by atoms with Crippen LogP contribution in [0.15, 0.2) is 63.1 Å². The summed E-state index contributed by atoms with van der Waals surface area (Å²) in [4.78, 5) is 14.3. The highest BCUT2D eigenvalue weighted by atomic mass is 32.2. The molecule has 5 heteroatoms. The zero-order valence-corrected chi connectivity index (χ0v) is 17.3. The monoisotopic (exact) mass is 395 g/mol. The minimum Gasteiger partial charge on any atom is -0.381 e. The Morgan fingerprint density at radius 1 is 1.07 bits per heavy atom. The molecule has 1 saturated heterocycles. The lowest BCUT2D eigenvalue weighted by molar-refractivity contribution is -0.0948. The average molecular weight is 396 g/mol. The molecule has 0 amide bonds. The maximum atomic E-state index is 11.9. The largest absolute Gasteiger partial charge is 0.381 e. The first kappa shape index (κ1) is 19.2. The van der Waals surface area contributed by atoms with Crippen LogP contribution in [0.2, 0.25) is 0 Å². The summed E-state index contributed by atoms with van der Waals surface area (Å²) in [6.45, 7) is 3.52. The summed E-state index contributed by atoms with van der Waals surface area (Å²) in [6.07, 6.45) is 1.75. The van der Waals surface area contributed by atoms with Gasteiger partial charge in [0.15, 0.2) is 0 Å². The lowest BCUT2D eigenvalue weighted by Gasteiger charge is -2.36. The van der Waals surface area contributed by atoms with Gasteiger partial charge < -0.3 is 14.0 Å². The molecule has 2 aromatic carbocycles. The van der Waals surface area contributed by atoms with Crippen molar-refractivity contribution in [3.8, 4) is 0 Å². The van der Waals surface area contributed by atoms with E-state index in [0.717, 1.165) is 42.5 Å². The quantitative estimate of drug-likeness (QED) is 0.645. The van der Waals surface area contributed by atoms with E-state index in [1.807, 2.05) is 13.1 Å². The normalized spacial score (nSPS) is 16.4. The fourth-order valence-electron chi connectivity index (χ4n) is 4.09. The summed E-state index contributed by atoms with van der Waals surface area (Å²) in [7, 11) is 3.62. The predicted molar refractivity (Wildman–Crippen MR) is 113 cm³/mol. The molecular formula is C23H25NO3S. The topological polar surface area (TPSA) is 40.5 Å². The van der Waals surface area contributed by atoms with Gasteiger partial charge in [0.2, 0.25) is 0 Å².